The lowest BCUT2D eigenvalue weighted by Gasteiger charge is -2.54. The molecule has 28 heavy (non-hydrogen) atoms. The molecule has 1 atom stereocenters. The summed E-state index contributed by atoms with van der Waals surface area (Å²) in [5, 5.41) is 0.452. The molecule has 0 aromatic rings. The molecule has 3 aliphatic carbocycles. The first-order valence-electron chi connectivity index (χ1n) is 12.6. The molecule has 3 rings (SSSR count). The molecule has 0 amide bonds. The van der Waals surface area contributed by atoms with Crippen LogP contribution in [0.4, 0.5) is 0 Å². The molecule has 0 spiro atoms. The van der Waals surface area contributed by atoms with Crippen molar-refractivity contribution in [1.29, 1.82) is 0 Å². The minimum absolute atomic E-state index is 0.0411. The van der Waals surface area contributed by atoms with Crippen molar-refractivity contribution < 1.29 is 0 Å². The zero-order valence-corrected chi connectivity index (χ0v) is 20.7. The lowest BCUT2D eigenvalue weighted by molar-refractivity contribution is 0.430. The summed E-state index contributed by atoms with van der Waals surface area (Å²) in [4.78, 5) is 0. The van der Waals surface area contributed by atoms with Gasteiger partial charge in [0.05, 0.1) is 0 Å². The first-order valence-corrected chi connectivity index (χ1v) is 14.0. The van der Waals surface area contributed by atoms with Gasteiger partial charge in [-0.25, -0.2) is 0 Å². The quantitative estimate of drug-likeness (QED) is 0.389. The van der Waals surface area contributed by atoms with Crippen molar-refractivity contribution in [2.75, 3.05) is 0 Å². The highest BCUT2D eigenvalue weighted by Crippen LogP contribution is 2.69. The Morgan fingerprint density at radius 3 is 1.64 bits per heavy atom. The summed E-state index contributed by atoms with van der Waals surface area (Å²) in [6.07, 6.45) is 21.9. The molecule has 2 fully saturated rings. The zero-order chi connectivity index (χ0) is 20.3. The van der Waals surface area contributed by atoms with Crippen molar-refractivity contribution in [3.63, 3.8) is 0 Å². The van der Waals surface area contributed by atoms with Crippen molar-refractivity contribution in [3.8, 4) is 0 Å². The molecule has 0 aromatic carbocycles. The van der Waals surface area contributed by atoms with Crippen molar-refractivity contribution >= 4 is 7.92 Å². The van der Waals surface area contributed by atoms with Crippen molar-refractivity contribution in [3.05, 3.63) is 23.3 Å². The molecule has 0 heterocycles. The van der Waals surface area contributed by atoms with Crippen LogP contribution in [0.2, 0.25) is 0 Å². The topological polar surface area (TPSA) is 0 Å². The molecule has 0 nitrogen and oxygen atoms in total. The highest BCUT2D eigenvalue weighted by Gasteiger charge is 2.48. The van der Waals surface area contributed by atoms with Gasteiger partial charge in [0.15, 0.2) is 0 Å². The normalized spacial score (nSPS) is 28.4. The Morgan fingerprint density at radius 2 is 1.25 bits per heavy atom. The minimum atomic E-state index is 0.0411. The first kappa shape index (κ1) is 22.6. The number of hydrogen-bond acceptors (Lipinski definition) is 0. The Kier molecular flexibility index (Phi) is 7.92. The van der Waals surface area contributed by atoms with Crippen LogP contribution in [-0.4, -0.2) is 16.5 Å². The summed E-state index contributed by atoms with van der Waals surface area (Å²) in [5.41, 5.74) is 5.47. The number of hydrogen-bond donors (Lipinski definition) is 0. The third kappa shape index (κ3) is 4.79. The molecule has 3 aliphatic rings. The Hall–Kier alpha value is -0.0900. The molecular weight excluding hydrogens is 355 g/mol. The molecule has 0 N–H and O–H groups in total. The summed E-state index contributed by atoms with van der Waals surface area (Å²) in [7, 11) is 0.0411. The second-order valence-corrected chi connectivity index (χ2v) is 14.1. The van der Waals surface area contributed by atoms with E-state index in [0.717, 1.165) is 17.2 Å². The van der Waals surface area contributed by atoms with E-state index in [0.29, 0.717) is 17.0 Å². The molecule has 0 radical (unpaired) electrons. The number of allylic oxidation sites excluding steroid dienone is 4. The summed E-state index contributed by atoms with van der Waals surface area (Å²) in [5.74, 6) is 2.11. The fourth-order valence-electron chi connectivity index (χ4n) is 6.21. The molecular formula is C27H47P. The predicted octanol–water partition coefficient (Wildman–Crippen LogP) is 9.10. The average Bonchev–Trinajstić information content (AvgIpc) is 2.69. The van der Waals surface area contributed by atoms with Crippen LogP contribution in [-0.2, 0) is 0 Å². The molecule has 1 heteroatoms. The third-order valence-corrected chi connectivity index (χ3v) is 12.5. The predicted molar refractivity (Wildman–Crippen MR) is 129 cm³/mol. The van der Waals surface area contributed by atoms with Gasteiger partial charge >= 0.3 is 0 Å². The molecule has 0 aliphatic heterocycles. The van der Waals surface area contributed by atoms with Gasteiger partial charge in [-0.15, -0.1) is 0 Å². The van der Waals surface area contributed by atoms with Crippen LogP contribution in [0, 0.1) is 17.8 Å². The van der Waals surface area contributed by atoms with E-state index in [4.69, 9.17) is 0 Å². The SMILES string of the molecule is CC(C)C1=CC(C(C)C)(P(C2CCCCC2)C2CCCCC2)CC(C(C)C)=C1. The van der Waals surface area contributed by atoms with Gasteiger partial charge in [0.2, 0.25) is 0 Å². The highest BCUT2D eigenvalue weighted by molar-refractivity contribution is 7.61. The van der Waals surface area contributed by atoms with Crippen LogP contribution in [0.25, 0.3) is 0 Å². The Balaban J connectivity index is 2.07. The van der Waals surface area contributed by atoms with Crippen LogP contribution < -0.4 is 0 Å². The van der Waals surface area contributed by atoms with Gasteiger partial charge in [-0.2, -0.15) is 0 Å². The van der Waals surface area contributed by atoms with Crippen LogP contribution in [0.15, 0.2) is 23.3 Å². The second-order valence-electron chi connectivity index (χ2n) is 11.0. The average molecular weight is 403 g/mol. The van der Waals surface area contributed by atoms with Crippen LogP contribution >= 0.6 is 7.92 Å². The minimum Gasteiger partial charge on any atom is -0.0894 e. The maximum atomic E-state index is 2.86. The van der Waals surface area contributed by atoms with Crippen LogP contribution in [0.5, 0.6) is 0 Å². The molecule has 1 unspecified atom stereocenters. The maximum Gasteiger partial charge on any atom is 0.0155 e. The van der Waals surface area contributed by atoms with Crippen molar-refractivity contribution in [2.45, 2.75) is 129 Å². The summed E-state index contributed by atoms with van der Waals surface area (Å²) >= 11 is 0. The van der Waals surface area contributed by atoms with Gasteiger partial charge in [0, 0.05) is 5.16 Å². The van der Waals surface area contributed by atoms with Crippen molar-refractivity contribution in [1.82, 2.24) is 0 Å². The fraction of sp³-hybridized carbons (Fsp3) is 0.852. The Morgan fingerprint density at radius 1 is 0.750 bits per heavy atom. The Labute approximate surface area is 177 Å². The Bertz CT molecular complexity index is 537. The van der Waals surface area contributed by atoms with Gasteiger partial charge in [-0.05, 0) is 66.7 Å². The van der Waals surface area contributed by atoms with Crippen LogP contribution in [0.3, 0.4) is 0 Å². The van der Waals surface area contributed by atoms with Gasteiger partial charge in [0.25, 0.3) is 0 Å². The van der Waals surface area contributed by atoms with Gasteiger partial charge < -0.3 is 0 Å². The van der Waals surface area contributed by atoms with Gasteiger partial charge in [-0.1, -0.05) is 106 Å². The smallest absolute Gasteiger partial charge is 0.0155 e. The molecule has 0 bridgehead atoms. The third-order valence-electron chi connectivity index (χ3n) is 8.08. The summed E-state index contributed by atoms with van der Waals surface area (Å²) in [6, 6.07) is 0. The second kappa shape index (κ2) is 9.81. The summed E-state index contributed by atoms with van der Waals surface area (Å²) in [6.45, 7) is 14.8. The molecule has 0 aromatic heterocycles. The first-order chi connectivity index (χ1) is 13.3. The molecule has 2 saturated carbocycles. The fourth-order valence-corrected chi connectivity index (χ4v) is 11.3. The zero-order valence-electron chi connectivity index (χ0n) is 19.8. The highest BCUT2D eigenvalue weighted by atomic mass is 31.1. The maximum absolute atomic E-state index is 2.86. The van der Waals surface area contributed by atoms with E-state index in [1.54, 1.807) is 11.1 Å². The monoisotopic (exact) mass is 402 g/mol. The lowest BCUT2D eigenvalue weighted by Crippen LogP contribution is -2.41. The number of rotatable bonds is 6. The van der Waals surface area contributed by atoms with E-state index in [9.17, 15) is 0 Å². The van der Waals surface area contributed by atoms with E-state index in [1.807, 2.05) is 0 Å². The van der Waals surface area contributed by atoms with E-state index in [-0.39, 0.29) is 7.92 Å². The molecule has 0 saturated heterocycles. The largest absolute Gasteiger partial charge is 0.0894 e. The van der Waals surface area contributed by atoms with Crippen LogP contribution in [0.1, 0.15) is 112 Å². The van der Waals surface area contributed by atoms with Gasteiger partial charge in [0.1, 0.15) is 0 Å². The van der Waals surface area contributed by atoms with E-state index >= 15 is 0 Å². The van der Waals surface area contributed by atoms with E-state index < -0.39 is 0 Å². The lowest BCUT2D eigenvalue weighted by atomic mass is 9.77. The van der Waals surface area contributed by atoms with Crippen molar-refractivity contribution in [2.24, 2.45) is 17.8 Å². The van der Waals surface area contributed by atoms with E-state index in [2.05, 4.69) is 53.7 Å². The summed E-state index contributed by atoms with van der Waals surface area (Å²) < 4.78 is 0. The standard InChI is InChI=1S/C27H47P/c1-20(2)23-17-24(21(3)4)19-27(18-23,22(5)6)28(25-13-9-7-10-14-25)26-15-11-8-12-16-26/h17-18,20-22,25-26H,7-16,19H2,1-6H3. The van der Waals surface area contributed by atoms with E-state index in [1.165, 1.54) is 70.6 Å². The van der Waals surface area contributed by atoms with Gasteiger partial charge in [-0.3, -0.25) is 0 Å². The molecule has 160 valence electrons.